The SMILES string of the molecule is Cc1ccn2cc(C(=O)N(CC(=O)O)C3CCN(S(C)(=O)=O)CC3)nc2c1. The number of carbonyl (C=O) groups excluding carboxylic acids is 1. The second-order valence-corrected chi connectivity index (χ2v) is 8.80. The Labute approximate surface area is 157 Å². The van der Waals surface area contributed by atoms with Gasteiger partial charge in [0.2, 0.25) is 10.0 Å². The molecule has 0 bridgehead atoms. The van der Waals surface area contributed by atoms with Gasteiger partial charge in [-0.05, 0) is 37.5 Å². The molecule has 0 aliphatic carbocycles. The summed E-state index contributed by atoms with van der Waals surface area (Å²) in [6.45, 7) is 1.99. The summed E-state index contributed by atoms with van der Waals surface area (Å²) in [6, 6.07) is 3.38. The first-order chi connectivity index (χ1) is 12.6. The number of fused-ring (bicyclic) bond motifs is 1. The molecule has 1 aliphatic heterocycles. The molecule has 1 amide bonds. The maximum Gasteiger partial charge on any atom is 0.323 e. The lowest BCUT2D eigenvalue weighted by atomic mass is 10.0. The van der Waals surface area contributed by atoms with Gasteiger partial charge in [0, 0.05) is 31.5 Å². The molecule has 0 radical (unpaired) electrons. The fourth-order valence-electron chi connectivity index (χ4n) is 3.33. The van der Waals surface area contributed by atoms with Crippen molar-refractivity contribution in [1.82, 2.24) is 18.6 Å². The lowest BCUT2D eigenvalue weighted by molar-refractivity contribution is -0.138. The van der Waals surface area contributed by atoms with Crippen LogP contribution in [0.1, 0.15) is 28.9 Å². The van der Waals surface area contributed by atoms with E-state index >= 15 is 0 Å². The van der Waals surface area contributed by atoms with E-state index in [0.29, 0.717) is 18.5 Å². The summed E-state index contributed by atoms with van der Waals surface area (Å²) >= 11 is 0. The molecule has 27 heavy (non-hydrogen) atoms. The molecular weight excluding hydrogens is 372 g/mol. The number of aromatic nitrogens is 2. The summed E-state index contributed by atoms with van der Waals surface area (Å²) in [4.78, 5) is 29.9. The van der Waals surface area contributed by atoms with E-state index in [9.17, 15) is 23.1 Å². The highest BCUT2D eigenvalue weighted by Gasteiger charge is 2.33. The maximum absolute atomic E-state index is 13.0. The van der Waals surface area contributed by atoms with Crippen molar-refractivity contribution in [3.05, 3.63) is 35.8 Å². The van der Waals surface area contributed by atoms with Crippen molar-refractivity contribution in [3.63, 3.8) is 0 Å². The Morgan fingerprint density at radius 2 is 2.00 bits per heavy atom. The molecule has 2 aromatic rings. The molecule has 10 heteroatoms. The zero-order valence-corrected chi connectivity index (χ0v) is 16.0. The smallest absolute Gasteiger partial charge is 0.323 e. The van der Waals surface area contributed by atoms with Gasteiger partial charge in [-0.15, -0.1) is 0 Å². The molecule has 3 rings (SSSR count). The van der Waals surface area contributed by atoms with Crippen molar-refractivity contribution in [2.45, 2.75) is 25.8 Å². The van der Waals surface area contributed by atoms with Crippen molar-refractivity contribution in [3.8, 4) is 0 Å². The predicted octanol–water partition coefficient (Wildman–Crippen LogP) is 0.594. The number of hydrogen-bond donors (Lipinski definition) is 1. The first-order valence-corrected chi connectivity index (χ1v) is 10.4. The van der Waals surface area contributed by atoms with E-state index in [2.05, 4.69) is 4.98 Å². The van der Waals surface area contributed by atoms with Crippen LogP contribution in [0.4, 0.5) is 0 Å². The Balaban J connectivity index is 1.83. The van der Waals surface area contributed by atoms with Crippen LogP contribution in [0.15, 0.2) is 24.5 Å². The minimum absolute atomic E-state index is 0.174. The van der Waals surface area contributed by atoms with Gasteiger partial charge < -0.3 is 14.4 Å². The summed E-state index contributed by atoms with van der Waals surface area (Å²) < 4.78 is 26.4. The number of carbonyl (C=O) groups is 2. The predicted molar refractivity (Wildman–Crippen MR) is 98.0 cm³/mol. The summed E-state index contributed by atoms with van der Waals surface area (Å²) in [6.07, 6.45) is 5.29. The van der Waals surface area contributed by atoms with E-state index in [-0.39, 0.29) is 24.8 Å². The van der Waals surface area contributed by atoms with Gasteiger partial charge in [0.05, 0.1) is 6.26 Å². The van der Waals surface area contributed by atoms with Gasteiger partial charge >= 0.3 is 5.97 Å². The van der Waals surface area contributed by atoms with Crippen molar-refractivity contribution < 1.29 is 23.1 Å². The lowest BCUT2D eigenvalue weighted by Gasteiger charge is -2.36. The van der Waals surface area contributed by atoms with Crippen molar-refractivity contribution >= 4 is 27.5 Å². The third kappa shape index (κ3) is 4.28. The average Bonchev–Trinajstić information content (AvgIpc) is 3.01. The van der Waals surface area contributed by atoms with E-state index in [0.717, 1.165) is 11.8 Å². The summed E-state index contributed by atoms with van der Waals surface area (Å²) in [7, 11) is -3.29. The Hall–Kier alpha value is -2.46. The molecule has 3 heterocycles. The van der Waals surface area contributed by atoms with Crippen LogP contribution >= 0.6 is 0 Å². The van der Waals surface area contributed by atoms with Crippen LogP contribution in [0.2, 0.25) is 0 Å². The number of carboxylic acids is 1. The highest BCUT2D eigenvalue weighted by Crippen LogP contribution is 2.21. The summed E-state index contributed by atoms with van der Waals surface area (Å²) in [5.74, 6) is -1.58. The number of amides is 1. The number of sulfonamides is 1. The zero-order chi connectivity index (χ0) is 19.8. The van der Waals surface area contributed by atoms with Gasteiger partial charge in [-0.1, -0.05) is 0 Å². The van der Waals surface area contributed by atoms with E-state index in [1.54, 1.807) is 16.8 Å². The average molecular weight is 394 g/mol. The third-order valence-electron chi connectivity index (χ3n) is 4.73. The monoisotopic (exact) mass is 394 g/mol. The molecule has 146 valence electrons. The normalized spacial score (nSPS) is 16.5. The van der Waals surface area contributed by atoms with Crippen LogP contribution in [0, 0.1) is 6.92 Å². The number of aliphatic carboxylic acids is 1. The summed E-state index contributed by atoms with van der Waals surface area (Å²) in [5.41, 5.74) is 1.79. The minimum Gasteiger partial charge on any atom is -0.480 e. The Morgan fingerprint density at radius 1 is 1.33 bits per heavy atom. The quantitative estimate of drug-likeness (QED) is 0.794. The molecule has 1 saturated heterocycles. The van der Waals surface area contributed by atoms with Crippen LogP contribution in [0.25, 0.3) is 5.65 Å². The lowest BCUT2D eigenvalue weighted by Crippen LogP contribution is -2.50. The van der Waals surface area contributed by atoms with Gasteiger partial charge in [0.1, 0.15) is 17.9 Å². The Morgan fingerprint density at radius 3 is 2.59 bits per heavy atom. The topological polar surface area (TPSA) is 112 Å². The number of imidazole rings is 1. The molecule has 0 spiro atoms. The Bertz CT molecular complexity index is 976. The second-order valence-electron chi connectivity index (χ2n) is 6.82. The van der Waals surface area contributed by atoms with Crippen molar-refractivity contribution in [1.29, 1.82) is 0 Å². The summed E-state index contributed by atoms with van der Waals surface area (Å²) in [5, 5.41) is 9.24. The van der Waals surface area contributed by atoms with Crippen LogP contribution in [-0.4, -0.2) is 75.9 Å². The van der Waals surface area contributed by atoms with Gasteiger partial charge in [-0.3, -0.25) is 9.59 Å². The zero-order valence-electron chi connectivity index (χ0n) is 15.2. The highest BCUT2D eigenvalue weighted by atomic mass is 32.2. The van der Waals surface area contributed by atoms with Gasteiger partial charge in [-0.2, -0.15) is 0 Å². The molecule has 0 unspecified atom stereocenters. The standard InChI is InChI=1S/C17H22N4O5S/c1-12-3-6-19-10-14(18-15(19)9-12)17(24)21(11-16(22)23)13-4-7-20(8-5-13)27(2,25)26/h3,6,9-10,13H,4-5,7-8,11H2,1-2H3,(H,22,23). The van der Waals surface area contributed by atoms with Crippen molar-refractivity contribution in [2.75, 3.05) is 25.9 Å². The van der Waals surface area contributed by atoms with Crippen molar-refractivity contribution in [2.24, 2.45) is 0 Å². The van der Waals surface area contributed by atoms with Gasteiger partial charge in [0.15, 0.2) is 0 Å². The van der Waals surface area contributed by atoms with Crippen LogP contribution in [0.3, 0.4) is 0 Å². The largest absolute Gasteiger partial charge is 0.480 e. The van der Waals surface area contributed by atoms with E-state index < -0.39 is 28.4 Å². The van der Waals surface area contributed by atoms with Gasteiger partial charge in [-0.25, -0.2) is 17.7 Å². The second kappa shape index (κ2) is 7.28. The van der Waals surface area contributed by atoms with E-state index in [1.165, 1.54) is 9.21 Å². The van der Waals surface area contributed by atoms with Crippen LogP contribution in [-0.2, 0) is 14.8 Å². The number of pyridine rings is 1. The minimum atomic E-state index is -3.29. The number of nitrogens with zero attached hydrogens (tertiary/aromatic N) is 4. The molecule has 2 aromatic heterocycles. The molecule has 1 N–H and O–H groups in total. The number of rotatable bonds is 5. The highest BCUT2D eigenvalue weighted by molar-refractivity contribution is 7.88. The van der Waals surface area contributed by atoms with Crippen LogP contribution < -0.4 is 0 Å². The first kappa shape index (κ1) is 19.3. The molecular formula is C17H22N4O5S. The maximum atomic E-state index is 13.0. The Kier molecular flexibility index (Phi) is 5.20. The molecule has 0 saturated carbocycles. The first-order valence-electron chi connectivity index (χ1n) is 8.58. The molecule has 1 aliphatic rings. The molecule has 0 atom stereocenters. The number of aryl methyl sites for hydroxylation is 1. The number of hydrogen-bond acceptors (Lipinski definition) is 5. The molecule has 9 nitrogen and oxygen atoms in total. The fraction of sp³-hybridized carbons (Fsp3) is 0.471. The number of piperidine rings is 1. The fourth-order valence-corrected chi connectivity index (χ4v) is 4.21. The third-order valence-corrected chi connectivity index (χ3v) is 6.04. The number of carboxylic acid groups (broad SMARTS) is 1. The van der Waals surface area contributed by atoms with E-state index in [4.69, 9.17) is 0 Å². The van der Waals surface area contributed by atoms with Gasteiger partial charge in [0.25, 0.3) is 5.91 Å². The van der Waals surface area contributed by atoms with Crippen LogP contribution in [0.5, 0.6) is 0 Å². The van der Waals surface area contributed by atoms with E-state index in [1.807, 2.05) is 19.1 Å². The molecule has 0 aromatic carbocycles. The molecule has 1 fully saturated rings.